The monoisotopic (exact) mass is 412 g/mol. The second-order valence-corrected chi connectivity index (χ2v) is 7.92. The maximum atomic E-state index is 14.7. The highest BCUT2D eigenvalue weighted by Crippen LogP contribution is 2.39. The Morgan fingerprint density at radius 1 is 0.931 bits per heavy atom. The van der Waals surface area contributed by atoms with E-state index in [4.69, 9.17) is 0 Å². The van der Waals surface area contributed by atoms with E-state index in [9.17, 15) is 22.0 Å². The number of hydrogen-bond donors (Lipinski definition) is 0. The van der Waals surface area contributed by atoms with Gasteiger partial charge in [0.25, 0.3) is 0 Å². The average Bonchev–Trinajstić information content (AvgIpc) is 2.64. The number of hydrogen-bond acceptors (Lipinski definition) is 1. The fourth-order valence-electron chi connectivity index (χ4n) is 4.20. The molecule has 0 bridgehead atoms. The van der Waals surface area contributed by atoms with Crippen molar-refractivity contribution in [2.45, 2.75) is 64.4 Å². The molecule has 0 aliphatic heterocycles. The van der Waals surface area contributed by atoms with Crippen molar-refractivity contribution in [2.24, 2.45) is 5.92 Å². The first-order valence-corrected chi connectivity index (χ1v) is 10.0. The third-order valence-electron chi connectivity index (χ3n) is 5.60. The van der Waals surface area contributed by atoms with E-state index in [1.165, 1.54) is 25.0 Å². The Bertz CT molecular complexity index is 828. The maximum Gasteiger partial charge on any atom is 0.395 e. The van der Waals surface area contributed by atoms with Crippen molar-refractivity contribution in [2.75, 3.05) is 0 Å². The predicted octanol–water partition coefficient (Wildman–Crippen LogP) is 7.84. The molecule has 2 aromatic carbocycles. The van der Waals surface area contributed by atoms with E-state index in [1.807, 2.05) is 0 Å². The fourth-order valence-corrected chi connectivity index (χ4v) is 4.20. The van der Waals surface area contributed by atoms with Gasteiger partial charge in [-0.3, -0.25) is 0 Å². The van der Waals surface area contributed by atoms with Crippen molar-refractivity contribution in [3.63, 3.8) is 0 Å². The summed E-state index contributed by atoms with van der Waals surface area (Å²) in [7, 11) is 0. The average molecular weight is 412 g/mol. The van der Waals surface area contributed by atoms with Crippen LogP contribution >= 0.6 is 0 Å². The summed E-state index contributed by atoms with van der Waals surface area (Å²) in [5.74, 6) is -3.36. The van der Waals surface area contributed by atoms with Gasteiger partial charge in [-0.2, -0.15) is 8.78 Å². The van der Waals surface area contributed by atoms with E-state index < -0.39 is 29.3 Å². The molecule has 2 aromatic rings. The van der Waals surface area contributed by atoms with E-state index in [0.29, 0.717) is 6.92 Å². The summed E-state index contributed by atoms with van der Waals surface area (Å²) < 4.78 is 72.8. The van der Waals surface area contributed by atoms with Gasteiger partial charge < -0.3 is 4.74 Å². The van der Waals surface area contributed by atoms with Crippen LogP contribution in [0, 0.1) is 23.4 Å². The van der Waals surface area contributed by atoms with Crippen LogP contribution in [-0.4, -0.2) is 6.11 Å². The molecule has 0 N–H and O–H groups in total. The van der Waals surface area contributed by atoms with Crippen LogP contribution in [0.4, 0.5) is 22.0 Å². The molecule has 0 aromatic heterocycles. The lowest BCUT2D eigenvalue weighted by atomic mass is 9.77. The Labute approximate surface area is 167 Å². The Balaban J connectivity index is 1.80. The molecule has 6 heteroatoms. The SMILES string of the molecule is CCCC1CCC(c2ccc(-c3cc(F)c(OC(C)(F)F)c(F)c3)c(F)c2)CC1. The van der Waals surface area contributed by atoms with Gasteiger partial charge in [-0.05, 0) is 66.8 Å². The predicted molar refractivity (Wildman–Crippen MR) is 103 cm³/mol. The first kappa shape index (κ1) is 21.6. The Kier molecular flexibility index (Phi) is 6.49. The summed E-state index contributed by atoms with van der Waals surface area (Å²) in [5.41, 5.74) is 0.830. The van der Waals surface area contributed by atoms with Crippen molar-refractivity contribution >= 4 is 0 Å². The second kappa shape index (κ2) is 8.72. The minimum absolute atomic E-state index is 0.0148. The summed E-state index contributed by atoms with van der Waals surface area (Å²) in [6.45, 7) is 2.56. The van der Waals surface area contributed by atoms with Crippen LogP contribution in [-0.2, 0) is 0 Å². The van der Waals surface area contributed by atoms with Gasteiger partial charge in [0.05, 0.1) is 0 Å². The zero-order chi connectivity index (χ0) is 21.2. The molecular weight excluding hydrogens is 387 g/mol. The molecule has 1 nitrogen and oxygen atoms in total. The lowest BCUT2D eigenvalue weighted by Crippen LogP contribution is -2.20. The van der Waals surface area contributed by atoms with Gasteiger partial charge in [0.2, 0.25) is 0 Å². The maximum absolute atomic E-state index is 14.7. The van der Waals surface area contributed by atoms with Gasteiger partial charge in [-0.15, -0.1) is 0 Å². The lowest BCUT2D eigenvalue weighted by Gasteiger charge is -2.28. The largest absolute Gasteiger partial charge is 0.426 e. The normalized spacial score (nSPS) is 20.0. The number of benzene rings is 2. The van der Waals surface area contributed by atoms with Gasteiger partial charge in [-0.25, -0.2) is 13.2 Å². The van der Waals surface area contributed by atoms with Gasteiger partial charge in [0.1, 0.15) is 5.82 Å². The third kappa shape index (κ3) is 5.28. The number of rotatable bonds is 6. The van der Waals surface area contributed by atoms with E-state index in [1.54, 1.807) is 6.07 Å². The van der Waals surface area contributed by atoms with Gasteiger partial charge in [0.15, 0.2) is 17.4 Å². The van der Waals surface area contributed by atoms with Crippen LogP contribution < -0.4 is 4.74 Å². The van der Waals surface area contributed by atoms with Crippen LogP contribution in [0.5, 0.6) is 5.75 Å². The summed E-state index contributed by atoms with van der Waals surface area (Å²) in [6, 6.07) is 6.30. The van der Waals surface area contributed by atoms with E-state index in [2.05, 4.69) is 11.7 Å². The molecule has 158 valence electrons. The van der Waals surface area contributed by atoms with E-state index >= 15 is 0 Å². The van der Waals surface area contributed by atoms with Crippen molar-refractivity contribution < 1.29 is 26.7 Å². The van der Waals surface area contributed by atoms with Crippen LogP contribution in [0.2, 0.25) is 0 Å². The molecule has 0 saturated heterocycles. The van der Waals surface area contributed by atoms with Crippen LogP contribution in [0.3, 0.4) is 0 Å². The highest BCUT2D eigenvalue weighted by molar-refractivity contribution is 5.66. The quantitative estimate of drug-likeness (QED) is 0.439. The Morgan fingerprint density at radius 3 is 2.07 bits per heavy atom. The van der Waals surface area contributed by atoms with Crippen LogP contribution in [0.25, 0.3) is 11.1 Å². The van der Waals surface area contributed by atoms with Gasteiger partial charge >= 0.3 is 6.11 Å². The molecule has 1 aliphatic carbocycles. The molecular formula is C23H25F5O. The van der Waals surface area contributed by atoms with Crippen LogP contribution in [0.15, 0.2) is 30.3 Å². The third-order valence-corrected chi connectivity index (χ3v) is 5.60. The van der Waals surface area contributed by atoms with Gasteiger partial charge in [-0.1, -0.05) is 31.9 Å². The molecule has 3 rings (SSSR count). The first-order chi connectivity index (χ1) is 13.7. The Hall–Kier alpha value is -2.11. The molecule has 0 radical (unpaired) electrons. The standard InChI is InChI=1S/C23H25F5O/c1-3-4-14-5-7-15(8-6-14)16-9-10-18(19(24)11-16)17-12-20(25)22(21(26)13-17)29-23(2,27)28/h9-15H,3-8H2,1-2H3. The molecule has 29 heavy (non-hydrogen) atoms. The molecule has 0 atom stereocenters. The molecule has 1 saturated carbocycles. The summed E-state index contributed by atoms with van der Waals surface area (Å²) >= 11 is 0. The van der Waals surface area contributed by atoms with Gasteiger partial charge in [0, 0.05) is 12.5 Å². The second-order valence-electron chi connectivity index (χ2n) is 7.92. The molecule has 0 unspecified atom stereocenters. The topological polar surface area (TPSA) is 9.23 Å². The van der Waals surface area contributed by atoms with E-state index in [0.717, 1.165) is 49.3 Å². The summed E-state index contributed by atoms with van der Waals surface area (Å²) in [6.07, 6.45) is 2.93. The molecule has 0 amide bonds. The Morgan fingerprint density at radius 2 is 1.55 bits per heavy atom. The minimum atomic E-state index is -3.73. The van der Waals surface area contributed by atoms with Crippen molar-refractivity contribution in [1.82, 2.24) is 0 Å². The van der Waals surface area contributed by atoms with E-state index in [-0.39, 0.29) is 17.0 Å². The van der Waals surface area contributed by atoms with Crippen molar-refractivity contribution in [1.29, 1.82) is 0 Å². The fraction of sp³-hybridized carbons (Fsp3) is 0.478. The zero-order valence-electron chi connectivity index (χ0n) is 16.6. The summed E-state index contributed by atoms with van der Waals surface area (Å²) in [4.78, 5) is 0. The molecule has 0 heterocycles. The van der Waals surface area contributed by atoms with Crippen molar-refractivity contribution in [3.05, 3.63) is 53.3 Å². The smallest absolute Gasteiger partial charge is 0.395 e. The molecule has 1 fully saturated rings. The van der Waals surface area contributed by atoms with Crippen molar-refractivity contribution in [3.8, 4) is 16.9 Å². The minimum Gasteiger partial charge on any atom is -0.426 e. The first-order valence-electron chi connectivity index (χ1n) is 10.0. The highest BCUT2D eigenvalue weighted by atomic mass is 19.3. The number of ether oxygens (including phenoxy) is 1. The number of alkyl halides is 2. The lowest BCUT2D eigenvalue weighted by molar-refractivity contribution is -0.162. The molecule has 1 aliphatic rings. The van der Waals surface area contributed by atoms with Crippen LogP contribution in [0.1, 0.15) is 63.9 Å². The molecule has 0 spiro atoms. The highest BCUT2D eigenvalue weighted by Gasteiger charge is 2.28. The summed E-state index contributed by atoms with van der Waals surface area (Å²) in [5, 5.41) is 0. The number of halogens is 5. The zero-order valence-corrected chi connectivity index (χ0v) is 16.6.